The SMILES string of the molecule is COc1ccc(-c2cc(CC3CC(NCc4ccncc4)C3(C)C)no2)cc1. The maximum atomic E-state index is 5.58. The highest BCUT2D eigenvalue weighted by atomic mass is 16.5. The first-order valence-electron chi connectivity index (χ1n) is 9.78. The number of benzene rings is 1. The molecule has 0 spiro atoms. The van der Waals surface area contributed by atoms with E-state index in [-0.39, 0.29) is 5.41 Å². The number of nitrogens with one attached hydrogen (secondary N) is 1. The highest BCUT2D eigenvalue weighted by Gasteiger charge is 2.47. The smallest absolute Gasteiger partial charge is 0.167 e. The van der Waals surface area contributed by atoms with E-state index in [9.17, 15) is 0 Å². The molecule has 0 amide bonds. The van der Waals surface area contributed by atoms with Gasteiger partial charge >= 0.3 is 0 Å². The van der Waals surface area contributed by atoms with Gasteiger partial charge in [-0.3, -0.25) is 4.98 Å². The molecule has 5 heteroatoms. The average Bonchev–Trinajstić information content (AvgIpc) is 3.19. The Kier molecular flexibility index (Phi) is 5.18. The second-order valence-electron chi connectivity index (χ2n) is 8.16. The van der Waals surface area contributed by atoms with Crippen LogP contribution < -0.4 is 10.1 Å². The summed E-state index contributed by atoms with van der Waals surface area (Å²) in [7, 11) is 1.67. The van der Waals surface area contributed by atoms with E-state index in [0.717, 1.165) is 42.2 Å². The molecule has 0 bridgehead atoms. The minimum absolute atomic E-state index is 0.228. The lowest BCUT2D eigenvalue weighted by Gasteiger charge is -2.52. The lowest BCUT2D eigenvalue weighted by atomic mass is 9.57. The molecule has 3 aromatic rings. The maximum absolute atomic E-state index is 5.58. The average molecular weight is 377 g/mol. The molecule has 1 fully saturated rings. The predicted molar refractivity (Wildman–Crippen MR) is 109 cm³/mol. The van der Waals surface area contributed by atoms with Crippen molar-refractivity contribution in [3.8, 4) is 17.1 Å². The zero-order chi connectivity index (χ0) is 19.6. The monoisotopic (exact) mass is 377 g/mol. The van der Waals surface area contributed by atoms with Crippen molar-refractivity contribution < 1.29 is 9.26 Å². The molecule has 2 unspecified atom stereocenters. The topological polar surface area (TPSA) is 60.2 Å². The zero-order valence-electron chi connectivity index (χ0n) is 16.7. The van der Waals surface area contributed by atoms with Crippen LogP contribution >= 0.6 is 0 Å². The van der Waals surface area contributed by atoms with Gasteiger partial charge in [-0.1, -0.05) is 19.0 Å². The van der Waals surface area contributed by atoms with Crippen molar-refractivity contribution in [2.24, 2.45) is 11.3 Å². The van der Waals surface area contributed by atoms with Crippen molar-refractivity contribution in [1.29, 1.82) is 0 Å². The van der Waals surface area contributed by atoms with Crippen LogP contribution in [0.4, 0.5) is 0 Å². The van der Waals surface area contributed by atoms with Gasteiger partial charge < -0.3 is 14.6 Å². The van der Waals surface area contributed by atoms with Gasteiger partial charge in [-0.15, -0.1) is 0 Å². The Morgan fingerprint density at radius 2 is 1.89 bits per heavy atom. The summed E-state index contributed by atoms with van der Waals surface area (Å²) < 4.78 is 10.8. The number of aromatic nitrogens is 2. The zero-order valence-corrected chi connectivity index (χ0v) is 16.7. The standard InChI is InChI=1S/C23H27N3O2/c1-23(2)18(13-22(23)25-15-16-8-10-24-11-9-16)12-19-14-21(28-26-19)17-4-6-20(27-3)7-5-17/h4-11,14,18,22,25H,12-13,15H2,1-3H3. The Morgan fingerprint density at radius 1 is 1.14 bits per heavy atom. The van der Waals surface area contributed by atoms with Crippen molar-refractivity contribution in [1.82, 2.24) is 15.5 Å². The van der Waals surface area contributed by atoms with E-state index in [1.54, 1.807) is 7.11 Å². The molecule has 28 heavy (non-hydrogen) atoms. The second kappa shape index (κ2) is 7.76. The molecule has 2 atom stereocenters. The van der Waals surface area contributed by atoms with Crippen molar-refractivity contribution >= 4 is 0 Å². The first-order chi connectivity index (χ1) is 13.6. The molecular formula is C23H27N3O2. The minimum Gasteiger partial charge on any atom is -0.497 e. The fourth-order valence-corrected chi connectivity index (χ4v) is 4.00. The number of hydrogen-bond acceptors (Lipinski definition) is 5. The van der Waals surface area contributed by atoms with E-state index in [4.69, 9.17) is 9.26 Å². The van der Waals surface area contributed by atoms with Gasteiger partial charge in [0.05, 0.1) is 12.8 Å². The van der Waals surface area contributed by atoms with E-state index < -0.39 is 0 Å². The molecule has 1 saturated carbocycles. The quantitative estimate of drug-likeness (QED) is 0.657. The molecule has 5 nitrogen and oxygen atoms in total. The normalized spacial score (nSPS) is 20.5. The van der Waals surface area contributed by atoms with Crippen LogP contribution in [0.5, 0.6) is 5.75 Å². The molecule has 1 aromatic carbocycles. The number of pyridine rings is 1. The highest BCUT2D eigenvalue weighted by Crippen LogP contribution is 2.48. The first-order valence-corrected chi connectivity index (χ1v) is 9.78. The molecule has 146 valence electrons. The van der Waals surface area contributed by atoms with Crippen molar-refractivity contribution in [3.05, 3.63) is 66.1 Å². The van der Waals surface area contributed by atoms with E-state index in [1.807, 2.05) is 36.7 Å². The molecule has 4 rings (SSSR count). The van der Waals surface area contributed by atoms with Gasteiger partial charge in [0, 0.05) is 36.6 Å². The summed E-state index contributed by atoms with van der Waals surface area (Å²) in [6.07, 6.45) is 5.79. The van der Waals surface area contributed by atoms with Crippen LogP contribution in [0, 0.1) is 11.3 Å². The molecule has 0 aliphatic heterocycles. The summed E-state index contributed by atoms with van der Waals surface area (Å²) in [5, 5.41) is 8.01. The van der Waals surface area contributed by atoms with Gasteiger partial charge in [-0.05, 0) is 66.1 Å². The number of ether oxygens (including phenoxy) is 1. The fraction of sp³-hybridized carbons (Fsp3) is 0.391. The number of rotatable bonds is 7. The van der Waals surface area contributed by atoms with E-state index >= 15 is 0 Å². The summed E-state index contributed by atoms with van der Waals surface area (Å²) in [5.41, 5.74) is 3.54. The third-order valence-electron chi connectivity index (χ3n) is 6.16. The molecule has 2 heterocycles. The number of methoxy groups -OCH3 is 1. The summed E-state index contributed by atoms with van der Waals surface area (Å²) in [4.78, 5) is 4.08. The van der Waals surface area contributed by atoms with Gasteiger partial charge in [0.25, 0.3) is 0 Å². The van der Waals surface area contributed by atoms with Gasteiger partial charge in [0.2, 0.25) is 0 Å². The van der Waals surface area contributed by atoms with E-state index in [1.165, 1.54) is 5.56 Å². The predicted octanol–water partition coefficient (Wildman–Crippen LogP) is 4.49. The molecule has 1 aliphatic carbocycles. The van der Waals surface area contributed by atoms with Gasteiger partial charge in [0.15, 0.2) is 5.76 Å². The van der Waals surface area contributed by atoms with Crippen molar-refractivity contribution in [3.63, 3.8) is 0 Å². The Balaban J connectivity index is 1.34. The van der Waals surface area contributed by atoms with Crippen molar-refractivity contribution in [2.75, 3.05) is 7.11 Å². The Morgan fingerprint density at radius 3 is 2.57 bits per heavy atom. The number of hydrogen-bond donors (Lipinski definition) is 1. The maximum Gasteiger partial charge on any atom is 0.167 e. The summed E-state index contributed by atoms with van der Waals surface area (Å²) in [6, 6.07) is 14.6. The molecular weight excluding hydrogens is 350 g/mol. The van der Waals surface area contributed by atoms with Gasteiger partial charge in [-0.25, -0.2) is 0 Å². The lowest BCUT2D eigenvalue weighted by molar-refractivity contribution is 0.0125. The minimum atomic E-state index is 0.228. The van der Waals surface area contributed by atoms with Crippen LogP contribution in [-0.4, -0.2) is 23.3 Å². The van der Waals surface area contributed by atoms with Crippen LogP contribution in [-0.2, 0) is 13.0 Å². The van der Waals surface area contributed by atoms with Crippen LogP contribution in [0.1, 0.15) is 31.5 Å². The molecule has 2 aromatic heterocycles. The van der Waals surface area contributed by atoms with Gasteiger partial charge in [-0.2, -0.15) is 0 Å². The van der Waals surface area contributed by atoms with E-state index in [2.05, 4.69) is 47.5 Å². The van der Waals surface area contributed by atoms with Crippen LogP contribution in [0.2, 0.25) is 0 Å². The van der Waals surface area contributed by atoms with Crippen LogP contribution in [0.3, 0.4) is 0 Å². The van der Waals surface area contributed by atoms with Crippen LogP contribution in [0.25, 0.3) is 11.3 Å². The summed E-state index contributed by atoms with van der Waals surface area (Å²) >= 11 is 0. The Labute approximate surface area is 166 Å². The fourth-order valence-electron chi connectivity index (χ4n) is 4.00. The van der Waals surface area contributed by atoms with Crippen molar-refractivity contribution in [2.45, 2.75) is 39.3 Å². The Hall–Kier alpha value is -2.66. The van der Waals surface area contributed by atoms with Crippen LogP contribution in [0.15, 0.2) is 59.4 Å². The highest BCUT2D eigenvalue weighted by molar-refractivity contribution is 5.58. The molecule has 1 N–H and O–H groups in total. The molecule has 0 radical (unpaired) electrons. The third-order valence-corrected chi connectivity index (χ3v) is 6.16. The Bertz CT molecular complexity index is 903. The second-order valence-corrected chi connectivity index (χ2v) is 8.16. The lowest BCUT2D eigenvalue weighted by Crippen LogP contribution is -2.57. The van der Waals surface area contributed by atoms with Gasteiger partial charge in [0.1, 0.15) is 5.75 Å². The van der Waals surface area contributed by atoms with E-state index in [0.29, 0.717) is 12.0 Å². The largest absolute Gasteiger partial charge is 0.497 e. The third kappa shape index (κ3) is 3.80. The summed E-state index contributed by atoms with van der Waals surface area (Å²) in [5.74, 6) is 2.24. The molecule has 1 aliphatic rings. The summed E-state index contributed by atoms with van der Waals surface area (Å²) in [6.45, 7) is 5.57. The molecule has 0 saturated heterocycles. The first kappa shape index (κ1) is 18.7. The number of nitrogens with zero attached hydrogens (tertiary/aromatic N) is 2.